The van der Waals surface area contributed by atoms with Gasteiger partial charge in [0.15, 0.2) is 11.6 Å². The van der Waals surface area contributed by atoms with Crippen molar-refractivity contribution < 1.29 is 14.4 Å². The van der Waals surface area contributed by atoms with Gasteiger partial charge >= 0.3 is 0 Å². The summed E-state index contributed by atoms with van der Waals surface area (Å²) in [6.07, 6.45) is 3.98. The molecule has 4 atom stereocenters. The van der Waals surface area contributed by atoms with E-state index in [-0.39, 0.29) is 17.5 Å². The van der Waals surface area contributed by atoms with Crippen molar-refractivity contribution in [2.45, 2.75) is 65.0 Å². The molecule has 6 rings (SSSR count). The molecule has 3 aliphatic heterocycles. The zero-order valence-corrected chi connectivity index (χ0v) is 24.9. The minimum absolute atomic E-state index is 0.0774. The number of carbonyl (C=O) groups excluding carboxylic acids is 3. The molecule has 5 nitrogen and oxygen atoms in total. The van der Waals surface area contributed by atoms with Crippen molar-refractivity contribution in [3.05, 3.63) is 100 Å². The molecular formula is C35H35ClN2O3. The minimum atomic E-state index is -1.31. The molecule has 3 heterocycles. The fourth-order valence-electron chi connectivity index (χ4n) is 7.15. The summed E-state index contributed by atoms with van der Waals surface area (Å²) in [6.45, 7) is 9.77. The maximum atomic E-state index is 14.9. The lowest BCUT2D eigenvalue weighted by Gasteiger charge is -2.40. The Morgan fingerprint density at radius 2 is 1.73 bits per heavy atom. The standard InChI is InChI=1S/C35H35ClN2O3/c1-6-9-21-12-14-22(15-13-21)31(39)29-30(32(40)34(3,4)5)38-27-17-16-23(36)19-24(27)20(2)18-28(38)35(29)25-10-7-8-11-26(25)37-33(35)41/h7-8,10-19,28-30H,6,9H2,1-5H3,(H,37,41)/t28-,29-,30-,35+/m1/s1. The van der Waals surface area contributed by atoms with E-state index in [1.165, 1.54) is 0 Å². The van der Waals surface area contributed by atoms with Crippen molar-refractivity contribution in [2.75, 3.05) is 10.2 Å². The van der Waals surface area contributed by atoms with Crippen LogP contribution >= 0.6 is 11.6 Å². The van der Waals surface area contributed by atoms with E-state index in [1.54, 1.807) is 0 Å². The van der Waals surface area contributed by atoms with Crippen LogP contribution in [0.3, 0.4) is 0 Å². The first-order valence-corrected chi connectivity index (χ1v) is 14.7. The second-order valence-electron chi connectivity index (χ2n) is 12.6. The molecule has 1 spiro atoms. The van der Waals surface area contributed by atoms with Crippen LogP contribution in [-0.4, -0.2) is 29.6 Å². The average molecular weight is 567 g/mol. The third kappa shape index (κ3) is 4.00. The van der Waals surface area contributed by atoms with Gasteiger partial charge in [-0.1, -0.05) is 94.3 Å². The van der Waals surface area contributed by atoms with Crippen LogP contribution in [0.5, 0.6) is 0 Å². The van der Waals surface area contributed by atoms with Crippen LogP contribution in [0.2, 0.25) is 5.02 Å². The summed E-state index contributed by atoms with van der Waals surface area (Å²) in [6, 6.07) is 19.5. The van der Waals surface area contributed by atoms with E-state index in [9.17, 15) is 14.4 Å². The molecule has 0 aromatic heterocycles. The van der Waals surface area contributed by atoms with Crippen LogP contribution in [0, 0.1) is 11.3 Å². The van der Waals surface area contributed by atoms with Gasteiger partial charge in [-0.2, -0.15) is 0 Å². The number of nitrogens with zero attached hydrogens (tertiary/aromatic N) is 1. The zero-order chi connectivity index (χ0) is 29.3. The SMILES string of the molecule is CCCc1ccc(C(=O)[C@H]2[C@H](C(=O)C(C)(C)C)N3c4ccc(Cl)cc4C(C)=C[C@@H]3[C@]23C(=O)Nc2ccccc23)cc1. The van der Waals surface area contributed by atoms with Gasteiger partial charge in [0.05, 0.1) is 12.0 Å². The van der Waals surface area contributed by atoms with Crippen molar-refractivity contribution in [1.82, 2.24) is 0 Å². The van der Waals surface area contributed by atoms with Crippen molar-refractivity contribution >= 4 is 46.0 Å². The van der Waals surface area contributed by atoms with Crippen LogP contribution in [0.15, 0.2) is 72.8 Å². The number of hydrogen-bond donors (Lipinski definition) is 1. The monoisotopic (exact) mass is 566 g/mol. The number of carbonyl (C=O) groups is 3. The number of allylic oxidation sites excluding steroid dienone is 1. The third-order valence-electron chi connectivity index (χ3n) is 9.01. The number of halogens is 1. The smallest absolute Gasteiger partial charge is 0.238 e. The predicted molar refractivity (Wildman–Crippen MR) is 165 cm³/mol. The van der Waals surface area contributed by atoms with E-state index >= 15 is 0 Å². The van der Waals surface area contributed by atoms with Crippen LogP contribution in [-0.2, 0) is 21.4 Å². The molecule has 1 fully saturated rings. The van der Waals surface area contributed by atoms with Crippen LogP contribution in [0.4, 0.5) is 11.4 Å². The zero-order valence-electron chi connectivity index (χ0n) is 24.1. The van der Waals surface area contributed by atoms with Crippen molar-refractivity contribution in [3.8, 4) is 0 Å². The number of aryl methyl sites for hydroxylation is 1. The lowest BCUT2D eigenvalue weighted by Crippen LogP contribution is -2.51. The van der Waals surface area contributed by atoms with Crippen molar-refractivity contribution in [3.63, 3.8) is 0 Å². The Kier molecular flexibility index (Phi) is 6.50. The molecule has 3 aromatic carbocycles. The first-order valence-electron chi connectivity index (χ1n) is 14.3. The Bertz CT molecular complexity index is 1620. The Balaban J connectivity index is 1.66. The molecule has 0 unspecified atom stereocenters. The Labute approximate surface area is 246 Å². The largest absolute Gasteiger partial charge is 0.352 e. The number of Topliss-reactive ketones (excluding diaryl/α,β-unsaturated/α-hetero) is 2. The van der Waals surface area contributed by atoms with Crippen LogP contribution in [0.25, 0.3) is 5.57 Å². The second kappa shape index (κ2) is 9.70. The lowest BCUT2D eigenvalue weighted by atomic mass is 9.63. The van der Waals surface area contributed by atoms with Gasteiger partial charge < -0.3 is 10.2 Å². The number of ketones is 2. The molecule has 0 saturated carbocycles. The minimum Gasteiger partial charge on any atom is -0.352 e. The average Bonchev–Trinajstić information content (AvgIpc) is 3.40. The van der Waals surface area contributed by atoms with E-state index in [0.717, 1.165) is 40.8 Å². The molecule has 1 amide bonds. The Morgan fingerprint density at radius 1 is 1.02 bits per heavy atom. The fraction of sp³-hybridized carbons (Fsp3) is 0.343. The maximum Gasteiger partial charge on any atom is 0.238 e. The van der Waals surface area contributed by atoms with E-state index in [1.807, 2.05) is 99.3 Å². The molecule has 1 N–H and O–H groups in total. The van der Waals surface area contributed by atoms with Crippen molar-refractivity contribution in [2.24, 2.45) is 11.3 Å². The number of anilines is 2. The second-order valence-corrected chi connectivity index (χ2v) is 13.0. The van der Waals surface area contributed by atoms with Gasteiger partial charge in [-0.15, -0.1) is 0 Å². The number of rotatable bonds is 5. The van der Waals surface area contributed by atoms with Crippen LogP contribution < -0.4 is 10.2 Å². The Morgan fingerprint density at radius 3 is 2.41 bits per heavy atom. The van der Waals surface area contributed by atoms with E-state index < -0.39 is 28.8 Å². The number of para-hydroxylation sites is 1. The predicted octanol–water partition coefficient (Wildman–Crippen LogP) is 7.27. The summed E-state index contributed by atoms with van der Waals surface area (Å²) >= 11 is 6.43. The highest BCUT2D eigenvalue weighted by Crippen LogP contribution is 2.59. The number of nitrogens with one attached hydrogen (secondary N) is 1. The number of hydrogen-bond acceptors (Lipinski definition) is 4. The summed E-state index contributed by atoms with van der Waals surface area (Å²) in [5.74, 6) is -1.48. The Hall–Kier alpha value is -3.70. The summed E-state index contributed by atoms with van der Waals surface area (Å²) < 4.78 is 0. The highest BCUT2D eigenvalue weighted by atomic mass is 35.5. The molecule has 0 aliphatic carbocycles. The summed E-state index contributed by atoms with van der Waals surface area (Å²) in [4.78, 5) is 45.9. The molecule has 3 aliphatic rings. The molecule has 6 heteroatoms. The third-order valence-corrected chi connectivity index (χ3v) is 9.24. The molecular weight excluding hydrogens is 532 g/mol. The van der Waals surface area contributed by atoms with Crippen LogP contribution in [0.1, 0.15) is 68.1 Å². The summed E-state index contributed by atoms with van der Waals surface area (Å²) in [7, 11) is 0. The van der Waals surface area contributed by atoms with Gasteiger partial charge in [0.2, 0.25) is 5.91 Å². The van der Waals surface area contributed by atoms with Gasteiger partial charge in [-0.3, -0.25) is 14.4 Å². The number of amides is 1. The lowest BCUT2D eigenvalue weighted by molar-refractivity contribution is -0.128. The van der Waals surface area contributed by atoms with Gasteiger partial charge in [0.25, 0.3) is 0 Å². The van der Waals surface area contributed by atoms with Gasteiger partial charge in [0.1, 0.15) is 11.5 Å². The van der Waals surface area contributed by atoms with E-state index in [4.69, 9.17) is 11.6 Å². The molecule has 0 radical (unpaired) electrons. The number of benzene rings is 3. The first-order chi connectivity index (χ1) is 19.5. The van der Waals surface area contributed by atoms with E-state index in [2.05, 4.69) is 18.3 Å². The first kappa shape index (κ1) is 27.5. The quantitative estimate of drug-likeness (QED) is 0.330. The fourth-order valence-corrected chi connectivity index (χ4v) is 7.32. The normalized spacial score (nSPS) is 24.4. The molecule has 3 aromatic rings. The van der Waals surface area contributed by atoms with Gasteiger partial charge in [-0.05, 0) is 54.3 Å². The van der Waals surface area contributed by atoms with E-state index in [0.29, 0.717) is 16.3 Å². The highest BCUT2D eigenvalue weighted by molar-refractivity contribution is 6.31. The van der Waals surface area contributed by atoms with Gasteiger partial charge in [-0.25, -0.2) is 0 Å². The van der Waals surface area contributed by atoms with Gasteiger partial charge in [0, 0.05) is 32.9 Å². The maximum absolute atomic E-state index is 14.9. The summed E-state index contributed by atoms with van der Waals surface area (Å²) in [5.41, 5.74) is 3.71. The topological polar surface area (TPSA) is 66.5 Å². The highest BCUT2D eigenvalue weighted by Gasteiger charge is 2.71. The molecule has 210 valence electrons. The van der Waals surface area contributed by atoms with Crippen molar-refractivity contribution in [1.29, 1.82) is 0 Å². The number of fused-ring (bicyclic) bond motifs is 6. The molecule has 0 bridgehead atoms. The molecule has 1 saturated heterocycles. The summed E-state index contributed by atoms with van der Waals surface area (Å²) in [5, 5.41) is 3.68. The molecule has 41 heavy (non-hydrogen) atoms.